The first-order valence-electron chi connectivity index (χ1n) is 10.7. The largest absolute Gasteiger partial charge is 0.384 e. The Morgan fingerprint density at radius 1 is 0.742 bits per heavy atom. The number of rotatable bonds is 4. The summed E-state index contributed by atoms with van der Waals surface area (Å²) in [5.74, 6) is -0.198. The van der Waals surface area contributed by atoms with Crippen molar-refractivity contribution in [3.8, 4) is 0 Å². The highest BCUT2D eigenvalue weighted by atomic mass is 16.7. The van der Waals surface area contributed by atoms with E-state index in [2.05, 4.69) is 41.5 Å². The first-order chi connectivity index (χ1) is 14.3. The third-order valence-electron chi connectivity index (χ3n) is 5.89. The normalized spacial score (nSPS) is 17.6. The molecular weight excluding hydrogens is 392 g/mol. The van der Waals surface area contributed by atoms with Gasteiger partial charge in [-0.3, -0.25) is 4.79 Å². The van der Waals surface area contributed by atoms with Crippen molar-refractivity contribution in [2.45, 2.75) is 70.4 Å². The number of carbonyl (C=O) groups excluding carboxylic acids is 1. The van der Waals surface area contributed by atoms with Crippen molar-refractivity contribution in [2.24, 2.45) is 0 Å². The molecule has 2 aromatic carbocycles. The Kier molecular flexibility index (Phi) is 6.45. The minimum Gasteiger partial charge on any atom is -0.384 e. The molecule has 2 N–H and O–H groups in total. The number of ketones is 1. The highest BCUT2D eigenvalue weighted by Gasteiger charge is 2.46. The summed E-state index contributed by atoms with van der Waals surface area (Å²) in [5, 5.41) is 23.2. The maximum absolute atomic E-state index is 11.9. The summed E-state index contributed by atoms with van der Waals surface area (Å²) in [6.07, 6.45) is -2.55. The predicted molar refractivity (Wildman–Crippen MR) is 120 cm³/mol. The quantitative estimate of drug-likeness (QED) is 0.777. The van der Waals surface area contributed by atoms with Crippen molar-refractivity contribution in [3.05, 3.63) is 70.8 Å². The molecule has 1 heterocycles. The third kappa shape index (κ3) is 4.90. The van der Waals surface area contributed by atoms with E-state index in [-0.39, 0.29) is 29.8 Å². The van der Waals surface area contributed by atoms with Crippen LogP contribution in [0.15, 0.2) is 48.5 Å². The molecule has 0 saturated carbocycles. The Labute approximate surface area is 185 Å². The molecule has 1 saturated heterocycles. The molecule has 5 heteroatoms. The van der Waals surface area contributed by atoms with Crippen molar-refractivity contribution in [3.63, 3.8) is 0 Å². The second-order valence-electron chi connectivity index (χ2n) is 10.4. The Bertz CT molecular complexity index is 833. The number of ether oxygens (including phenoxy) is 2. The molecule has 0 bridgehead atoms. The Balaban J connectivity index is 2.06. The minimum absolute atomic E-state index is 0.0421. The van der Waals surface area contributed by atoms with E-state index in [1.54, 1.807) is 0 Å². The second kappa shape index (κ2) is 8.47. The summed E-state index contributed by atoms with van der Waals surface area (Å²) in [5.41, 5.74) is 1.43. The van der Waals surface area contributed by atoms with E-state index in [1.807, 2.05) is 48.5 Å². The molecule has 0 radical (unpaired) electrons. The predicted octanol–water partition coefficient (Wildman–Crippen LogP) is 3.82. The van der Waals surface area contributed by atoms with Gasteiger partial charge in [-0.25, -0.2) is 0 Å². The molecule has 3 rings (SSSR count). The first-order valence-corrected chi connectivity index (χ1v) is 10.7. The standard InChI is InChI=1S/C26H34O5/c1-24(2,3)17-7-11-19(12-8-17)26(29,22(28)23-30-15-21(27)16-31-23)20-13-9-18(10-14-20)25(4,5)6/h7-14,22-23,28-29H,15-16H2,1-6H3. The molecule has 0 spiro atoms. The van der Waals surface area contributed by atoms with Gasteiger partial charge in [0.2, 0.25) is 0 Å². The number of aliphatic hydroxyl groups is 2. The van der Waals surface area contributed by atoms with Crippen molar-refractivity contribution in [2.75, 3.05) is 13.2 Å². The minimum atomic E-state index is -1.78. The first kappa shape index (κ1) is 23.6. The lowest BCUT2D eigenvalue weighted by Crippen LogP contribution is -2.52. The van der Waals surface area contributed by atoms with Crippen molar-refractivity contribution in [1.29, 1.82) is 0 Å². The number of hydrogen-bond donors (Lipinski definition) is 2. The summed E-state index contributed by atoms with van der Waals surface area (Å²) in [4.78, 5) is 11.5. The molecule has 0 amide bonds. The van der Waals surface area contributed by atoms with Gasteiger partial charge in [0.25, 0.3) is 0 Å². The van der Waals surface area contributed by atoms with E-state index in [4.69, 9.17) is 9.47 Å². The molecule has 1 fully saturated rings. The van der Waals surface area contributed by atoms with Crippen molar-refractivity contribution >= 4 is 5.78 Å². The zero-order valence-corrected chi connectivity index (χ0v) is 19.3. The summed E-state index contributed by atoms with van der Waals surface area (Å²) in [7, 11) is 0. The van der Waals surface area contributed by atoms with Crippen LogP contribution >= 0.6 is 0 Å². The summed E-state index contributed by atoms with van der Waals surface area (Å²) in [6, 6.07) is 15.2. The van der Waals surface area contributed by atoms with Gasteiger partial charge in [-0.1, -0.05) is 90.1 Å². The smallest absolute Gasteiger partial charge is 0.188 e. The van der Waals surface area contributed by atoms with Gasteiger partial charge < -0.3 is 19.7 Å². The van der Waals surface area contributed by atoms with Crippen molar-refractivity contribution < 1.29 is 24.5 Å². The highest BCUT2D eigenvalue weighted by molar-refractivity contribution is 5.81. The van der Waals surface area contributed by atoms with Crippen LogP contribution in [0.1, 0.15) is 63.8 Å². The molecule has 168 valence electrons. The second-order valence-corrected chi connectivity index (χ2v) is 10.4. The van der Waals surface area contributed by atoms with Gasteiger partial charge in [-0.05, 0) is 33.1 Å². The number of Topliss-reactive ketones (excluding diaryl/α,β-unsaturated/α-hetero) is 1. The van der Waals surface area contributed by atoms with Gasteiger partial charge in [-0.15, -0.1) is 0 Å². The van der Waals surface area contributed by atoms with E-state index in [0.29, 0.717) is 11.1 Å². The average molecular weight is 427 g/mol. The molecule has 2 aromatic rings. The van der Waals surface area contributed by atoms with Crippen LogP contribution in [0.4, 0.5) is 0 Å². The fourth-order valence-corrected chi connectivity index (χ4v) is 3.78. The zero-order valence-electron chi connectivity index (χ0n) is 19.3. The fourth-order valence-electron chi connectivity index (χ4n) is 3.78. The van der Waals surface area contributed by atoms with Gasteiger partial charge in [-0.2, -0.15) is 0 Å². The van der Waals surface area contributed by atoms with Crippen LogP contribution in [0.25, 0.3) is 0 Å². The molecule has 1 atom stereocenters. The van der Waals surface area contributed by atoms with Crippen LogP contribution in [0.2, 0.25) is 0 Å². The summed E-state index contributed by atoms with van der Waals surface area (Å²) >= 11 is 0. The molecule has 0 aliphatic carbocycles. The van der Waals surface area contributed by atoms with Crippen LogP contribution in [0.3, 0.4) is 0 Å². The summed E-state index contributed by atoms with van der Waals surface area (Å²) in [6.45, 7) is 12.4. The van der Waals surface area contributed by atoms with Gasteiger partial charge in [0.15, 0.2) is 12.1 Å². The summed E-state index contributed by atoms with van der Waals surface area (Å²) < 4.78 is 10.8. The van der Waals surface area contributed by atoms with Gasteiger partial charge in [0, 0.05) is 0 Å². The third-order valence-corrected chi connectivity index (χ3v) is 5.89. The lowest BCUT2D eigenvalue weighted by atomic mass is 9.78. The van der Waals surface area contributed by atoms with Gasteiger partial charge in [0.1, 0.15) is 24.9 Å². The fraction of sp³-hybridized carbons (Fsp3) is 0.500. The van der Waals surface area contributed by atoms with Crippen LogP contribution in [-0.2, 0) is 30.7 Å². The highest BCUT2D eigenvalue weighted by Crippen LogP contribution is 2.38. The van der Waals surface area contributed by atoms with Crippen LogP contribution in [0, 0.1) is 0 Å². The Morgan fingerprint density at radius 2 is 1.06 bits per heavy atom. The number of aliphatic hydroxyl groups excluding tert-OH is 1. The zero-order chi connectivity index (χ0) is 23.0. The molecule has 31 heavy (non-hydrogen) atoms. The van der Waals surface area contributed by atoms with E-state index >= 15 is 0 Å². The number of hydrogen-bond acceptors (Lipinski definition) is 5. The Morgan fingerprint density at radius 3 is 1.39 bits per heavy atom. The molecule has 1 aliphatic rings. The van der Waals surface area contributed by atoms with Gasteiger partial charge in [0.05, 0.1) is 0 Å². The maximum atomic E-state index is 11.9. The SMILES string of the molecule is CC(C)(C)c1ccc(C(O)(c2ccc(C(C)(C)C)cc2)C(O)C2OCC(=O)CO2)cc1. The maximum Gasteiger partial charge on any atom is 0.188 e. The van der Waals surface area contributed by atoms with E-state index < -0.39 is 18.0 Å². The number of carbonyl (C=O) groups is 1. The van der Waals surface area contributed by atoms with Crippen LogP contribution in [-0.4, -0.2) is 41.6 Å². The lowest BCUT2D eigenvalue weighted by molar-refractivity contribution is -0.246. The van der Waals surface area contributed by atoms with Gasteiger partial charge >= 0.3 is 0 Å². The molecule has 1 aliphatic heterocycles. The molecule has 0 aromatic heterocycles. The lowest BCUT2D eigenvalue weighted by Gasteiger charge is -2.39. The van der Waals surface area contributed by atoms with Crippen LogP contribution < -0.4 is 0 Å². The van der Waals surface area contributed by atoms with Crippen LogP contribution in [0.5, 0.6) is 0 Å². The van der Waals surface area contributed by atoms with E-state index in [0.717, 1.165) is 11.1 Å². The van der Waals surface area contributed by atoms with E-state index in [9.17, 15) is 15.0 Å². The van der Waals surface area contributed by atoms with Crippen molar-refractivity contribution in [1.82, 2.24) is 0 Å². The molecule has 5 nitrogen and oxygen atoms in total. The van der Waals surface area contributed by atoms with E-state index in [1.165, 1.54) is 0 Å². The monoisotopic (exact) mass is 426 g/mol. The average Bonchev–Trinajstić information content (AvgIpc) is 2.72. The Hall–Kier alpha value is -2.05. The topological polar surface area (TPSA) is 76.0 Å². The molecular formula is C26H34O5. The molecule has 1 unspecified atom stereocenters. The number of benzene rings is 2.